The molecule has 0 aromatic heterocycles. The lowest BCUT2D eigenvalue weighted by Crippen LogP contribution is -2.50. The van der Waals surface area contributed by atoms with Crippen LogP contribution in [0.1, 0.15) is 64.2 Å². The fourth-order valence-electron chi connectivity index (χ4n) is 3.59. The molecule has 3 N–H and O–H groups in total. The lowest BCUT2D eigenvalue weighted by Gasteiger charge is -2.37. The number of amides is 1. The Morgan fingerprint density at radius 2 is 1.63 bits per heavy atom. The van der Waals surface area contributed by atoms with Crippen LogP contribution in [-0.2, 0) is 4.79 Å². The van der Waals surface area contributed by atoms with Crippen LogP contribution in [-0.4, -0.2) is 35.7 Å². The molecule has 1 amide bonds. The summed E-state index contributed by atoms with van der Waals surface area (Å²) in [6.07, 6.45) is 10.2. The molecule has 0 saturated heterocycles. The molecule has 2 aliphatic carbocycles. The van der Waals surface area contributed by atoms with Crippen LogP contribution in [0.15, 0.2) is 0 Å². The second-order valence-electron chi connectivity index (χ2n) is 6.48. The Morgan fingerprint density at radius 1 is 1.05 bits per heavy atom. The van der Waals surface area contributed by atoms with Crippen molar-refractivity contribution in [2.24, 2.45) is 0 Å². The molecule has 0 aliphatic heterocycles. The normalized spacial score (nSPS) is 25.2. The number of nitrogens with one attached hydrogen (secondary N) is 2. The van der Waals surface area contributed by atoms with Crippen molar-refractivity contribution in [1.29, 1.82) is 0 Å². The van der Waals surface area contributed by atoms with Gasteiger partial charge in [0.25, 0.3) is 0 Å². The van der Waals surface area contributed by atoms with Crippen LogP contribution < -0.4 is 10.6 Å². The zero-order chi connectivity index (χ0) is 13.8. The summed E-state index contributed by atoms with van der Waals surface area (Å²) in [5.74, 6) is 0.0802. The van der Waals surface area contributed by atoms with E-state index in [2.05, 4.69) is 10.6 Å². The number of hydrogen-bond donors (Lipinski definition) is 3. The van der Waals surface area contributed by atoms with E-state index in [9.17, 15) is 9.90 Å². The smallest absolute Gasteiger partial charge is 0.221 e. The van der Waals surface area contributed by atoms with Gasteiger partial charge in [0.05, 0.1) is 5.60 Å². The maximum absolute atomic E-state index is 12.1. The molecule has 110 valence electrons. The summed E-state index contributed by atoms with van der Waals surface area (Å²) in [7, 11) is 1.96. The Morgan fingerprint density at radius 3 is 2.21 bits per heavy atom. The lowest BCUT2D eigenvalue weighted by molar-refractivity contribution is -0.124. The maximum atomic E-state index is 12.1. The van der Waals surface area contributed by atoms with E-state index in [0.717, 1.165) is 38.5 Å². The number of carbonyl (C=O) groups excluding carboxylic acids is 1. The molecule has 0 bridgehead atoms. The highest BCUT2D eigenvalue weighted by atomic mass is 16.3. The molecule has 2 rings (SSSR count). The number of carbonyl (C=O) groups is 1. The van der Waals surface area contributed by atoms with Crippen molar-refractivity contribution in [2.45, 2.75) is 75.3 Å². The third kappa shape index (κ3) is 3.93. The van der Waals surface area contributed by atoms with Gasteiger partial charge in [-0.25, -0.2) is 0 Å². The van der Waals surface area contributed by atoms with Gasteiger partial charge in [-0.2, -0.15) is 0 Å². The van der Waals surface area contributed by atoms with Crippen molar-refractivity contribution in [3.8, 4) is 0 Å². The van der Waals surface area contributed by atoms with Crippen LogP contribution in [0.4, 0.5) is 0 Å². The highest BCUT2D eigenvalue weighted by Crippen LogP contribution is 2.31. The molecule has 4 heteroatoms. The number of rotatable bonds is 5. The molecule has 0 unspecified atom stereocenters. The predicted molar refractivity (Wildman–Crippen MR) is 75.9 cm³/mol. The minimum Gasteiger partial charge on any atom is -0.388 e. The first kappa shape index (κ1) is 14.8. The second-order valence-corrected chi connectivity index (χ2v) is 6.48. The molecule has 0 radical (unpaired) electrons. The molecule has 0 aromatic rings. The van der Waals surface area contributed by atoms with Crippen molar-refractivity contribution in [3.63, 3.8) is 0 Å². The molecule has 0 heterocycles. The summed E-state index contributed by atoms with van der Waals surface area (Å²) < 4.78 is 0. The van der Waals surface area contributed by atoms with Gasteiger partial charge in [0.1, 0.15) is 0 Å². The summed E-state index contributed by atoms with van der Waals surface area (Å²) in [4.78, 5) is 12.1. The van der Waals surface area contributed by atoms with Crippen LogP contribution in [0, 0.1) is 0 Å². The molecule has 2 aliphatic rings. The van der Waals surface area contributed by atoms with E-state index in [1.165, 1.54) is 19.3 Å². The molecule has 0 aromatic carbocycles. The van der Waals surface area contributed by atoms with E-state index in [4.69, 9.17) is 0 Å². The first-order valence-electron chi connectivity index (χ1n) is 7.76. The number of hydrogen-bond acceptors (Lipinski definition) is 3. The summed E-state index contributed by atoms with van der Waals surface area (Å²) in [5.41, 5.74) is -0.657. The Hall–Kier alpha value is -0.610. The summed E-state index contributed by atoms with van der Waals surface area (Å²) >= 11 is 0. The Labute approximate surface area is 116 Å². The SMILES string of the molecule is CNC1(CC(=O)NCC2(O)CCCC2)CCCCC1. The quantitative estimate of drug-likeness (QED) is 0.711. The standard InChI is InChI=1S/C15H28N2O2/c1-16-14(7-3-2-4-8-14)11-13(18)17-12-15(19)9-5-6-10-15/h16,19H,2-12H2,1H3,(H,17,18). The van der Waals surface area contributed by atoms with Gasteiger partial charge in [0.15, 0.2) is 0 Å². The van der Waals surface area contributed by atoms with E-state index in [-0.39, 0.29) is 11.4 Å². The highest BCUT2D eigenvalue weighted by Gasteiger charge is 2.34. The maximum Gasteiger partial charge on any atom is 0.221 e. The topological polar surface area (TPSA) is 61.4 Å². The average Bonchev–Trinajstić information content (AvgIpc) is 2.85. The molecule has 19 heavy (non-hydrogen) atoms. The predicted octanol–water partition coefficient (Wildman–Crippen LogP) is 1.72. The fraction of sp³-hybridized carbons (Fsp3) is 0.933. The van der Waals surface area contributed by atoms with Gasteiger partial charge in [0.2, 0.25) is 5.91 Å². The summed E-state index contributed by atoms with van der Waals surface area (Å²) in [6.45, 7) is 0.422. The number of aliphatic hydroxyl groups is 1. The van der Waals surface area contributed by atoms with Crippen LogP contribution >= 0.6 is 0 Å². The monoisotopic (exact) mass is 268 g/mol. The van der Waals surface area contributed by atoms with Crippen LogP contribution in [0.5, 0.6) is 0 Å². The Kier molecular flexibility index (Phi) is 4.85. The summed E-state index contributed by atoms with van der Waals surface area (Å²) in [5, 5.41) is 16.5. The molecular formula is C15H28N2O2. The molecule has 0 atom stereocenters. The highest BCUT2D eigenvalue weighted by molar-refractivity contribution is 5.77. The van der Waals surface area contributed by atoms with Crippen molar-refractivity contribution in [2.75, 3.05) is 13.6 Å². The lowest BCUT2D eigenvalue weighted by atomic mass is 9.79. The Balaban J connectivity index is 1.79. The van der Waals surface area contributed by atoms with Gasteiger partial charge in [-0.05, 0) is 32.7 Å². The summed E-state index contributed by atoms with van der Waals surface area (Å²) in [6, 6.07) is 0. The molecule has 0 spiro atoms. The minimum absolute atomic E-state index is 0.0133. The van der Waals surface area contributed by atoms with E-state index in [1.807, 2.05) is 7.05 Å². The zero-order valence-electron chi connectivity index (χ0n) is 12.1. The van der Waals surface area contributed by atoms with Gasteiger partial charge < -0.3 is 15.7 Å². The van der Waals surface area contributed by atoms with Crippen LogP contribution in [0.3, 0.4) is 0 Å². The van der Waals surface area contributed by atoms with Crippen molar-refractivity contribution < 1.29 is 9.90 Å². The van der Waals surface area contributed by atoms with E-state index >= 15 is 0 Å². The van der Waals surface area contributed by atoms with Gasteiger partial charge in [-0.15, -0.1) is 0 Å². The van der Waals surface area contributed by atoms with Gasteiger partial charge in [0, 0.05) is 18.5 Å². The van der Waals surface area contributed by atoms with Gasteiger partial charge >= 0.3 is 0 Å². The first-order chi connectivity index (χ1) is 9.08. The minimum atomic E-state index is -0.644. The zero-order valence-corrected chi connectivity index (χ0v) is 12.1. The second kappa shape index (κ2) is 6.23. The molecular weight excluding hydrogens is 240 g/mol. The van der Waals surface area contributed by atoms with Gasteiger partial charge in [-0.1, -0.05) is 32.1 Å². The van der Waals surface area contributed by atoms with Gasteiger partial charge in [-0.3, -0.25) is 4.79 Å². The van der Waals surface area contributed by atoms with E-state index in [0.29, 0.717) is 13.0 Å². The van der Waals surface area contributed by atoms with Crippen molar-refractivity contribution >= 4 is 5.91 Å². The fourth-order valence-corrected chi connectivity index (χ4v) is 3.59. The Bertz CT molecular complexity index is 305. The molecule has 2 saturated carbocycles. The van der Waals surface area contributed by atoms with Crippen molar-refractivity contribution in [3.05, 3.63) is 0 Å². The van der Waals surface area contributed by atoms with E-state index < -0.39 is 5.60 Å². The third-order valence-electron chi connectivity index (χ3n) is 4.99. The average molecular weight is 268 g/mol. The molecule has 2 fully saturated rings. The van der Waals surface area contributed by atoms with Crippen LogP contribution in [0.25, 0.3) is 0 Å². The van der Waals surface area contributed by atoms with Crippen LogP contribution in [0.2, 0.25) is 0 Å². The largest absolute Gasteiger partial charge is 0.388 e. The molecule has 4 nitrogen and oxygen atoms in total. The third-order valence-corrected chi connectivity index (χ3v) is 4.99. The first-order valence-corrected chi connectivity index (χ1v) is 7.76. The van der Waals surface area contributed by atoms with Crippen molar-refractivity contribution in [1.82, 2.24) is 10.6 Å². The van der Waals surface area contributed by atoms with E-state index in [1.54, 1.807) is 0 Å².